The summed E-state index contributed by atoms with van der Waals surface area (Å²) in [5, 5.41) is 8.01. The zero-order valence-electron chi connectivity index (χ0n) is 15.5. The minimum absolute atomic E-state index is 0. The van der Waals surface area contributed by atoms with Gasteiger partial charge in [-0.3, -0.25) is 9.98 Å². The lowest BCUT2D eigenvalue weighted by Crippen LogP contribution is -2.38. The third kappa shape index (κ3) is 4.75. The molecule has 0 atom stereocenters. The molecule has 0 aliphatic carbocycles. The lowest BCUT2D eigenvalue weighted by molar-refractivity contribution is 0.780. The molecule has 2 aromatic heterocycles. The van der Waals surface area contributed by atoms with Gasteiger partial charge >= 0.3 is 0 Å². The first-order valence-corrected chi connectivity index (χ1v) is 8.60. The number of nitrogens with one attached hydrogen (secondary N) is 3. The van der Waals surface area contributed by atoms with E-state index in [1.54, 1.807) is 7.05 Å². The molecule has 3 N–H and O–H groups in total. The van der Waals surface area contributed by atoms with Gasteiger partial charge in [-0.1, -0.05) is 24.3 Å². The van der Waals surface area contributed by atoms with Crippen molar-refractivity contribution < 1.29 is 0 Å². The number of H-pyrrole nitrogens is 1. The normalized spacial score (nSPS) is 11.3. The zero-order valence-corrected chi connectivity index (χ0v) is 17.8. The van der Waals surface area contributed by atoms with Gasteiger partial charge < -0.3 is 15.6 Å². The standard InChI is InChI=1S/C20H25N5.HI/c1-14-7-6-11-22-19(14)13-24-20(21-3)23-12-10-16-15(2)25-18-9-5-4-8-17(16)18;/h4-9,11,25H,10,12-13H2,1-3H3,(H2,21,23,24);1H. The van der Waals surface area contributed by atoms with Crippen LogP contribution in [0, 0.1) is 13.8 Å². The summed E-state index contributed by atoms with van der Waals surface area (Å²) in [5.41, 5.74) is 6.01. The first-order chi connectivity index (χ1) is 12.2. The van der Waals surface area contributed by atoms with Crippen LogP contribution in [-0.2, 0) is 13.0 Å². The number of aryl methyl sites for hydroxylation is 2. The van der Waals surface area contributed by atoms with Crippen LogP contribution >= 0.6 is 24.0 Å². The van der Waals surface area contributed by atoms with E-state index in [9.17, 15) is 0 Å². The third-order valence-corrected chi connectivity index (χ3v) is 4.46. The van der Waals surface area contributed by atoms with Crippen LogP contribution in [0.5, 0.6) is 0 Å². The van der Waals surface area contributed by atoms with Crippen molar-refractivity contribution in [2.45, 2.75) is 26.8 Å². The molecule has 0 saturated heterocycles. The highest BCUT2D eigenvalue weighted by molar-refractivity contribution is 14.0. The molecule has 3 rings (SSSR count). The van der Waals surface area contributed by atoms with Crippen molar-refractivity contribution >= 4 is 40.8 Å². The number of benzene rings is 1. The Morgan fingerprint density at radius 2 is 1.92 bits per heavy atom. The molecular weight excluding hydrogens is 437 g/mol. The van der Waals surface area contributed by atoms with Crippen molar-refractivity contribution in [2.24, 2.45) is 4.99 Å². The molecule has 0 spiro atoms. The van der Waals surface area contributed by atoms with Gasteiger partial charge in [0.1, 0.15) is 0 Å². The maximum Gasteiger partial charge on any atom is 0.191 e. The quantitative estimate of drug-likeness (QED) is 0.307. The molecule has 138 valence electrons. The number of rotatable bonds is 5. The molecule has 0 fully saturated rings. The summed E-state index contributed by atoms with van der Waals surface area (Å²) in [7, 11) is 1.79. The highest BCUT2D eigenvalue weighted by Crippen LogP contribution is 2.21. The summed E-state index contributed by atoms with van der Waals surface area (Å²) in [6.45, 7) is 5.69. The lowest BCUT2D eigenvalue weighted by atomic mass is 10.1. The zero-order chi connectivity index (χ0) is 17.6. The number of aromatic nitrogens is 2. The fourth-order valence-corrected chi connectivity index (χ4v) is 3.05. The van der Waals surface area contributed by atoms with Crippen LogP contribution in [0.1, 0.15) is 22.5 Å². The number of para-hydroxylation sites is 1. The van der Waals surface area contributed by atoms with Crippen molar-refractivity contribution in [3.05, 3.63) is 65.1 Å². The molecule has 0 aliphatic heterocycles. The van der Waals surface area contributed by atoms with E-state index in [0.717, 1.165) is 24.6 Å². The number of pyridine rings is 1. The smallest absolute Gasteiger partial charge is 0.191 e. The van der Waals surface area contributed by atoms with E-state index in [1.807, 2.05) is 12.3 Å². The van der Waals surface area contributed by atoms with Gasteiger partial charge in [-0.05, 0) is 43.5 Å². The van der Waals surface area contributed by atoms with Crippen LogP contribution in [0.25, 0.3) is 10.9 Å². The second-order valence-corrected chi connectivity index (χ2v) is 6.14. The molecule has 0 saturated carbocycles. The van der Waals surface area contributed by atoms with E-state index in [0.29, 0.717) is 6.54 Å². The number of fused-ring (bicyclic) bond motifs is 1. The average Bonchev–Trinajstić information content (AvgIpc) is 2.94. The van der Waals surface area contributed by atoms with E-state index in [2.05, 4.69) is 69.8 Å². The molecule has 0 bridgehead atoms. The van der Waals surface area contributed by atoms with E-state index in [-0.39, 0.29) is 24.0 Å². The van der Waals surface area contributed by atoms with Crippen LogP contribution in [-0.4, -0.2) is 29.5 Å². The average molecular weight is 463 g/mol. The third-order valence-electron chi connectivity index (χ3n) is 4.46. The topological polar surface area (TPSA) is 65.1 Å². The summed E-state index contributed by atoms with van der Waals surface area (Å²) in [6, 6.07) is 12.5. The molecule has 5 nitrogen and oxygen atoms in total. The number of halogens is 1. The minimum atomic E-state index is 0. The van der Waals surface area contributed by atoms with Gasteiger partial charge in [0.05, 0.1) is 12.2 Å². The summed E-state index contributed by atoms with van der Waals surface area (Å²) in [4.78, 5) is 12.1. The Hall–Kier alpha value is -2.09. The maximum absolute atomic E-state index is 4.40. The molecule has 0 unspecified atom stereocenters. The number of guanidine groups is 1. The van der Waals surface area contributed by atoms with Gasteiger partial charge in [-0.25, -0.2) is 0 Å². The number of hydrogen-bond donors (Lipinski definition) is 3. The summed E-state index contributed by atoms with van der Waals surface area (Å²) in [6.07, 6.45) is 2.76. The first-order valence-electron chi connectivity index (χ1n) is 8.60. The van der Waals surface area contributed by atoms with Gasteiger partial charge in [0.25, 0.3) is 0 Å². The van der Waals surface area contributed by atoms with Crippen molar-refractivity contribution in [1.29, 1.82) is 0 Å². The fourth-order valence-electron chi connectivity index (χ4n) is 3.05. The van der Waals surface area contributed by atoms with E-state index in [1.165, 1.54) is 27.7 Å². The van der Waals surface area contributed by atoms with E-state index < -0.39 is 0 Å². The largest absolute Gasteiger partial charge is 0.358 e. The Kier molecular flexibility index (Phi) is 7.44. The Morgan fingerprint density at radius 1 is 1.12 bits per heavy atom. The SMILES string of the molecule is CN=C(NCCc1c(C)[nH]c2ccccc12)NCc1ncccc1C.I. The molecule has 6 heteroatoms. The number of hydrogen-bond acceptors (Lipinski definition) is 2. The van der Waals surface area contributed by atoms with Crippen molar-refractivity contribution in [1.82, 2.24) is 20.6 Å². The lowest BCUT2D eigenvalue weighted by Gasteiger charge is -2.12. The first kappa shape index (κ1) is 20.2. The second-order valence-electron chi connectivity index (χ2n) is 6.14. The van der Waals surface area contributed by atoms with E-state index >= 15 is 0 Å². The predicted octanol–water partition coefficient (Wildman–Crippen LogP) is 3.71. The van der Waals surface area contributed by atoms with Crippen LogP contribution < -0.4 is 10.6 Å². The molecule has 2 heterocycles. The Labute approximate surface area is 171 Å². The van der Waals surface area contributed by atoms with Crippen LogP contribution in [0.2, 0.25) is 0 Å². The number of aliphatic imine (C=N–C) groups is 1. The number of nitrogens with zero attached hydrogens (tertiary/aromatic N) is 2. The fraction of sp³-hybridized carbons (Fsp3) is 0.300. The predicted molar refractivity (Wildman–Crippen MR) is 119 cm³/mol. The Bertz CT molecular complexity index is 885. The Balaban J connectivity index is 0.00000243. The monoisotopic (exact) mass is 463 g/mol. The second kappa shape index (κ2) is 9.56. The molecule has 0 radical (unpaired) electrons. The van der Waals surface area contributed by atoms with Gasteiger partial charge in [0, 0.05) is 36.4 Å². The molecule has 0 aliphatic rings. The van der Waals surface area contributed by atoms with Crippen molar-refractivity contribution in [2.75, 3.05) is 13.6 Å². The maximum atomic E-state index is 4.40. The highest BCUT2D eigenvalue weighted by Gasteiger charge is 2.08. The molecule has 1 aromatic carbocycles. The van der Waals surface area contributed by atoms with Gasteiger partial charge in [-0.15, -0.1) is 24.0 Å². The molecular formula is C20H26IN5. The number of aromatic amines is 1. The summed E-state index contributed by atoms with van der Waals surface area (Å²) < 4.78 is 0. The van der Waals surface area contributed by atoms with Gasteiger partial charge in [-0.2, -0.15) is 0 Å². The molecule has 26 heavy (non-hydrogen) atoms. The van der Waals surface area contributed by atoms with Gasteiger partial charge in [0.15, 0.2) is 5.96 Å². The van der Waals surface area contributed by atoms with Crippen LogP contribution in [0.3, 0.4) is 0 Å². The highest BCUT2D eigenvalue weighted by atomic mass is 127. The Morgan fingerprint density at radius 3 is 2.69 bits per heavy atom. The summed E-state index contributed by atoms with van der Waals surface area (Å²) in [5.74, 6) is 0.794. The van der Waals surface area contributed by atoms with Crippen LogP contribution in [0.15, 0.2) is 47.6 Å². The van der Waals surface area contributed by atoms with Gasteiger partial charge in [0.2, 0.25) is 0 Å². The molecule has 3 aromatic rings. The van der Waals surface area contributed by atoms with Crippen molar-refractivity contribution in [3.8, 4) is 0 Å². The minimum Gasteiger partial charge on any atom is -0.358 e. The van der Waals surface area contributed by atoms with E-state index in [4.69, 9.17) is 0 Å². The summed E-state index contributed by atoms with van der Waals surface area (Å²) >= 11 is 0. The van der Waals surface area contributed by atoms with Crippen molar-refractivity contribution in [3.63, 3.8) is 0 Å². The van der Waals surface area contributed by atoms with Crippen LogP contribution in [0.4, 0.5) is 0 Å². The molecule has 0 amide bonds.